The van der Waals surface area contributed by atoms with Crippen LogP contribution >= 0.6 is 24.8 Å². The maximum atomic E-state index is 10.0. The van der Waals surface area contributed by atoms with Gasteiger partial charge in [-0.25, -0.2) is 0 Å². The molecule has 1 atom stereocenters. The Balaban J connectivity index is 0.00000242. The molecular weight excluding hydrogens is 331 g/mol. The quantitative estimate of drug-likeness (QED) is 0.822. The fraction of sp³-hybridized carbons (Fsp3) is 0.667. The smallest absolute Gasteiger partial charge is 0.121 e. The van der Waals surface area contributed by atoms with Crippen molar-refractivity contribution in [2.75, 3.05) is 26.2 Å². The lowest BCUT2D eigenvalue weighted by molar-refractivity contribution is 0.159. The number of hydrogen-bond acceptors (Lipinski definition) is 3. The van der Waals surface area contributed by atoms with Gasteiger partial charge in [0.1, 0.15) is 5.75 Å². The van der Waals surface area contributed by atoms with Crippen molar-refractivity contribution in [2.24, 2.45) is 5.92 Å². The van der Waals surface area contributed by atoms with Gasteiger partial charge >= 0.3 is 0 Å². The van der Waals surface area contributed by atoms with Gasteiger partial charge in [-0.1, -0.05) is 26.0 Å². The second-order valence-electron chi connectivity index (χ2n) is 6.78. The Morgan fingerprint density at radius 3 is 2.04 bits per heavy atom. The number of hydrogen-bond donors (Lipinski definition) is 2. The first-order valence-electron chi connectivity index (χ1n) is 8.24. The summed E-state index contributed by atoms with van der Waals surface area (Å²) in [5.74, 6) is 1.18. The summed E-state index contributed by atoms with van der Waals surface area (Å²) in [5.41, 5.74) is 3.36. The number of phenols is 1. The molecule has 0 spiro atoms. The molecular formula is C18H32Cl2N2O. The monoisotopic (exact) mass is 362 g/mol. The van der Waals surface area contributed by atoms with E-state index in [-0.39, 0.29) is 24.8 Å². The molecule has 134 valence electrons. The summed E-state index contributed by atoms with van der Waals surface area (Å²) in [6.45, 7) is 13.0. The van der Waals surface area contributed by atoms with Crippen LogP contribution in [-0.2, 0) is 0 Å². The lowest BCUT2D eigenvalue weighted by Gasteiger charge is -2.36. The van der Waals surface area contributed by atoms with E-state index in [1.54, 1.807) is 0 Å². The Bertz CT molecular complexity index is 451. The van der Waals surface area contributed by atoms with Gasteiger partial charge in [0.15, 0.2) is 0 Å². The number of aromatic hydroxyl groups is 1. The highest BCUT2D eigenvalue weighted by Crippen LogP contribution is 2.32. The Morgan fingerprint density at radius 1 is 1.04 bits per heavy atom. The Labute approximate surface area is 153 Å². The van der Waals surface area contributed by atoms with Crippen molar-refractivity contribution in [1.82, 2.24) is 10.2 Å². The van der Waals surface area contributed by atoms with Crippen LogP contribution in [0.2, 0.25) is 0 Å². The van der Waals surface area contributed by atoms with Crippen LogP contribution in [0.15, 0.2) is 12.1 Å². The lowest BCUT2D eigenvalue weighted by Crippen LogP contribution is -2.45. The van der Waals surface area contributed by atoms with Crippen molar-refractivity contribution in [3.63, 3.8) is 0 Å². The van der Waals surface area contributed by atoms with Gasteiger partial charge in [-0.3, -0.25) is 4.90 Å². The molecule has 1 aliphatic rings. The molecule has 3 nitrogen and oxygen atoms in total. The number of piperazine rings is 1. The summed E-state index contributed by atoms with van der Waals surface area (Å²) in [4.78, 5) is 2.60. The number of phenolic OH excluding ortho intramolecular Hbond substituents is 1. The molecule has 0 aliphatic carbocycles. The Morgan fingerprint density at radius 2 is 1.57 bits per heavy atom. The van der Waals surface area contributed by atoms with E-state index in [0.29, 0.717) is 11.8 Å². The van der Waals surface area contributed by atoms with Gasteiger partial charge in [-0.2, -0.15) is 0 Å². The minimum Gasteiger partial charge on any atom is -0.507 e. The van der Waals surface area contributed by atoms with E-state index in [1.165, 1.54) is 18.4 Å². The van der Waals surface area contributed by atoms with Gasteiger partial charge < -0.3 is 10.4 Å². The van der Waals surface area contributed by atoms with Gasteiger partial charge in [-0.05, 0) is 49.3 Å². The van der Waals surface area contributed by atoms with Crippen LogP contribution in [0.5, 0.6) is 5.75 Å². The highest BCUT2D eigenvalue weighted by molar-refractivity contribution is 5.85. The summed E-state index contributed by atoms with van der Waals surface area (Å²) in [7, 11) is 0. The molecule has 0 bridgehead atoms. The van der Waals surface area contributed by atoms with Crippen molar-refractivity contribution >= 4 is 24.8 Å². The van der Waals surface area contributed by atoms with Crippen LogP contribution < -0.4 is 5.32 Å². The van der Waals surface area contributed by atoms with E-state index in [2.05, 4.69) is 36.2 Å². The van der Waals surface area contributed by atoms with Crippen molar-refractivity contribution in [3.05, 3.63) is 28.8 Å². The molecule has 5 heteroatoms. The SMILES string of the molecule is Cc1cc([C@@H](CCC(C)C)N2CCNCC2)cc(C)c1O.Cl.Cl. The standard InChI is InChI=1S/C18H30N2O.2ClH/c1-13(2)5-6-17(20-9-7-19-8-10-20)16-11-14(3)18(21)15(4)12-16;;/h11-13,17,19,21H,5-10H2,1-4H3;2*1H/t17-;;/m1../s1. The molecule has 0 aromatic heterocycles. The third-order valence-corrected chi connectivity index (χ3v) is 4.51. The number of nitrogens with one attached hydrogen (secondary N) is 1. The first-order valence-corrected chi connectivity index (χ1v) is 8.24. The van der Waals surface area contributed by atoms with E-state index >= 15 is 0 Å². The normalized spacial score (nSPS) is 16.6. The fourth-order valence-corrected chi connectivity index (χ4v) is 3.23. The summed E-state index contributed by atoms with van der Waals surface area (Å²) in [6.07, 6.45) is 2.44. The predicted octanol–water partition coefficient (Wildman–Crippen LogP) is 4.24. The molecule has 1 aliphatic heterocycles. The average molecular weight is 363 g/mol. The lowest BCUT2D eigenvalue weighted by atomic mass is 9.93. The van der Waals surface area contributed by atoms with Crippen LogP contribution in [0.1, 0.15) is 49.4 Å². The summed E-state index contributed by atoms with van der Waals surface area (Å²) >= 11 is 0. The number of rotatable bonds is 5. The minimum absolute atomic E-state index is 0. The van der Waals surface area contributed by atoms with Gasteiger partial charge in [0, 0.05) is 32.2 Å². The molecule has 1 aromatic rings. The molecule has 1 heterocycles. The largest absolute Gasteiger partial charge is 0.507 e. The molecule has 1 saturated heterocycles. The fourth-order valence-electron chi connectivity index (χ4n) is 3.23. The van der Waals surface area contributed by atoms with Gasteiger partial charge in [0.05, 0.1) is 0 Å². The molecule has 2 N–H and O–H groups in total. The molecule has 23 heavy (non-hydrogen) atoms. The molecule has 0 saturated carbocycles. The van der Waals surface area contributed by atoms with Crippen LogP contribution in [0.4, 0.5) is 0 Å². The topological polar surface area (TPSA) is 35.5 Å². The minimum atomic E-state index is 0. The van der Waals surface area contributed by atoms with E-state index in [9.17, 15) is 5.11 Å². The second-order valence-corrected chi connectivity index (χ2v) is 6.78. The molecule has 1 aromatic carbocycles. The molecule has 1 fully saturated rings. The predicted molar refractivity (Wildman–Crippen MR) is 103 cm³/mol. The molecule has 0 amide bonds. The van der Waals surface area contributed by atoms with Crippen molar-refractivity contribution in [1.29, 1.82) is 0 Å². The maximum Gasteiger partial charge on any atom is 0.121 e. The number of halogens is 2. The van der Waals surface area contributed by atoms with Crippen LogP contribution in [0.25, 0.3) is 0 Å². The highest BCUT2D eigenvalue weighted by atomic mass is 35.5. The van der Waals surface area contributed by atoms with E-state index in [0.717, 1.165) is 43.2 Å². The van der Waals surface area contributed by atoms with Crippen LogP contribution in [0.3, 0.4) is 0 Å². The van der Waals surface area contributed by atoms with E-state index in [1.807, 2.05) is 13.8 Å². The molecule has 0 radical (unpaired) electrons. The van der Waals surface area contributed by atoms with E-state index in [4.69, 9.17) is 0 Å². The molecule has 0 unspecified atom stereocenters. The van der Waals surface area contributed by atoms with E-state index < -0.39 is 0 Å². The van der Waals surface area contributed by atoms with Gasteiger partial charge in [-0.15, -0.1) is 24.8 Å². The first kappa shape index (κ1) is 22.5. The summed E-state index contributed by atoms with van der Waals surface area (Å²) in [5, 5.41) is 13.5. The number of nitrogens with zero attached hydrogens (tertiary/aromatic N) is 1. The zero-order chi connectivity index (χ0) is 15.4. The zero-order valence-corrected chi connectivity index (χ0v) is 16.4. The van der Waals surface area contributed by atoms with Gasteiger partial charge in [0.2, 0.25) is 0 Å². The number of aryl methyl sites for hydroxylation is 2. The van der Waals surface area contributed by atoms with Crippen molar-refractivity contribution in [3.8, 4) is 5.75 Å². The summed E-state index contributed by atoms with van der Waals surface area (Å²) < 4.78 is 0. The molecule has 2 rings (SSSR count). The van der Waals surface area contributed by atoms with Gasteiger partial charge in [0.25, 0.3) is 0 Å². The second kappa shape index (κ2) is 10.4. The van der Waals surface area contributed by atoms with Crippen LogP contribution in [-0.4, -0.2) is 36.2 Å². The average Bonchev–Trinajstić information content (AvgIpc) is 2.45. The van der Waals surface area contributed by atoms with Crippen LogP contribution in [0, 0.1) is 19.8 Å². The third-order valence-electron chi connectivity index (χ3n) is 4.51. The Hall–Kier alpha value is -0.480. The maximum absolute atomic E-state index is 10.0. The third kappa shape index (κ3) is 6.15. The Kier molecular flexibility index (Phi) is 10.2. The first-order chi connectivity index (χ1) is 9.99. The highest BCUT2D eigenvalue weighted by Gasteiger charge is 2.23. The number of benzene rings is 1. The van der Waals surface area contributed by atoms with Crippen molar-refractivity contribution < 1.29 is 5.11 Å². The zero-order valence-electron chi connectivity index (χ0n) is 14.8. The summed E-state index contributed by atoms with van der Waals surface area (Å²) in [6, 6.07) is 4.83. The van der Waals surface area contributed by atoms with Crippen molar-refractivity contribution in [2.45, 2.75) is 46.6 Å².